The number of benzene rings is 1. The van der Waals surface area contributed by atoms with E-state index in [-0.39, 0.29) is 18.0 Å². The zero-order valence-corrected chi connectivity index (χ0v) is 17.8. The predicted octanol–water partition coefficient (Wildman–Crippen LogP) is 0.813. The smallest absolute Gasteiger partial charge is 0.326 e. The Balaban J connectivity index is 2.57. The van der Waals surface area contributed by atoms with Crippen LogP contribution in [0.2, 0.25) is 0 Å². The van der Waals surface area contributed by atoms with Gasteiger partial charge >= 0.3 is 17.8 Å². The minimum atomic E-state index is -1.58. The molecule has 3 N–H and O–H groups in total. The summed E-state index contributed by atoms with van der Waals surface area (Å²) in [6, 6.07) is 3.06. The lowest BCUT2D eigenvalue weighted by Gasteiger charge is -2.41. The van der Waals surface area contributed by atoms with Crippen molar-refractivity contribution >= 4 is 29.2 Å². The Morgan fingerprint density at radius 2 is 1.79 bits per heavy atom. The number of nitrogens with zero attached hydrogens (tertiary/aromatic N) is 1. The van der Waals surface area contributed by atoms with Gasteiger partial charge in [0.1, 0.15) is 17.9 Å². The molecule has 0 aliphatic carbocycles. The van der Waals surface area contributed by atoms with Gasteiger partial charge in [0.25, 0.3) is 5.85 Å². The van der Waals surface area contributed by atoms with Gasteiger partial charge in [-0.05, 0) is 34.9 Å². The molecular formula is C19H28N4O6. The van der Waals surface area contributed by atoms with Crippen molar-refractivity contribution in [1.29, 1.82) is 0 Å². The minimum absolute atomic E-state index is 0.200. The number of anilines is 2. The average Bonchev–Trinajstić information content (AvgIpc) is 2.62. The Kier molecular flexibility index (Phi) is 6.39. The fourth-order valence-corrected chi connectivity index (χ4v) is 2.89. The highest BCUT2D eigenvalue weighted by atomic mass is 16.6. The van der Waals surface area contributed by atoms with Gasteiger partial charge in [0.15, 0.2) is 5.75 Å². The Labute approximate surface area is 169 Å². The molecule has 0 unspecified atom stereocenters. The number of amides is 1. The van der Waals surface area contributed by atoms with Crippen LogP contribution in [0.3, 0.4) is 0 Å². The average molecular weight is 408 g/mol. The highest BCUT2D eigenvalue weighted by Gasteiger charge is 2.48. The van der Waals surface area contributed by atoms with Gasteiger partial charge in [-0.25, -0.2) is 0 Å². The van der Waals surface area contributed by atoms with E-state index in [1.165, 1.54) is 17.9 Å². The first kappa shape index (κ1) is 22.4. The standard InChI is InChI=1S/C19H28N4O6/c1-11(24)27-14-9-13-15(8-12(14)20-5)28-19(21-6,22-7)17(26)23(13)10-16(25)29-18(2,3)4/h8-9,20-22H,10H2,1-7H3. The third kappa shape index (κ3) is 4.77. The van der Waals surface area contributed by atoms with E-state index < -0.39 is 29.3 Å². The van der Waals surface area contributed by atoms with E-state index in [0.717, 1.165) is 0 Å². The first-order chi connectivity index (χ1) is 13.5. The van der Waals surface area contributed by atoms with Crippen molar-refractivity contribution in [3.63, 3.8) is 0 Å². The number of carbonyl (C=O) groups is 3. The van der Waals surface area contributed by atoms with Crippen LogP contribution in [0.1, 0.15) is 27.7 Å². The Bertz CT molecular complexity index is 814. The van der Waals surface area contributed by atoms with Crippen molar-refractivity contribution in [3.8, 4) is 11.5 Å². The number of nitrogens with one attached hydrogen (secondary N) is 3. The normalized spacial score (nSPS) is 15.3. The predicted molar refractivity (Wildman–Crippen MR) is 107 cm³/mol. The van der Waals surface area contributed by atoms with Crippen LogP contribution in [0.4, 0.5) is 11.4 Å². The molecule has 1 aromatic carbocycles. The van der Waals surface area contributed by atoms with Crippen molar-refractivity contribution < 1.29 is 28.6 Å². The van der Waals surface area contributed by atoms with Crippen molar-refractivity contribution in [1.82, 2.24) is 10.6 Å². The first-order valence-electron chi connectivity index (χ1n) is 9.11. The van der Waals surface area contributed by atoms with Crippen LogP contribution >= 0.6 is 0 Å². The number of rotatable bonds is 6. The van der Waals surface area contributed by atoms with Crippen molar-refractivity contribution in [3.05, 3.63) is 12.1 Å². The molecule has 0 aromatic heterocycles. The van der Waals surface area contributed by atoms with Gasteiger partial charge in [-0.2, -0.15) is 0 Å². The molecule has 2 rings (SSSR count). The maximum absolute atomic E-state index is 13.2. The van der Waals surface area contributed by atoms with Crippen LogP contribution in [0.15, 0.2) is 12.1 Å². The zero-order valence-electron chi connectivity index (χ0n) is 17.8. The summed E-state index contributed by atoms with van der Waals surface area (Å²) in [7, 11) is 4.76. The Morgan fingerprint density at radius 3 is 2.28 bits per heavy atom. The van der Waals surface area contributed by atoms with Gasteiger partial charge in [0.2, 0.25) is 0 Å². The van der Waals surface area contributed by atoms with Gasteiger partial charge in [-0.1, -0.05) is 0 Å². The van der Waals surface area contributed by atoms with E-state index in [0.29, 0.717) is 11.4 Å². The summed E-state index contributed by atoms with van der Waals surface area (Å²) in [6.45, 7) is 6.14. The molecule has 0 spiro atoms. The molecule has 0 atom stereocenters. The van der Waals surface area contributed by atoms with E-state index in [1.807, 2.05) is 0 Å². The van der Waals surface area contributed by atoms with E-state index in [2.05, 4.69) is 16.0 Å². The minimum Gasteiger partial charge on any atom is -0.459 e. The number of carbonyl (C=O) groups excluding carboxylic acids is 3. The molecule has 1 amide bonds. The van der Waals surface area contributed by atoms with Crippen molar-refractivity contribution in [2.45, 2.75) is 39.1 Å². The lowest BCUT2D eigenvalue weighted by molar-refractivity contribution is -0.155. The quantitative estimate of drug-likeness (QED) is 0.357. The topological polar surface area (TPSA) is 118 Å². The van der Waals surface area contributed by atoms with Gasteiger partial charge in [0.05, 0.1) is 11.4 Å². The molecule has 0 saturated carbocycles. The summed E-state index contributed by atoms with van der Waals surface area (Å²) < 4.78 is 16.5. The molecular weight excluding hydrogens is 380 g/mol. The lowest BCUT2D eigenvalue weighted by Crippen LogP contribution is -2.70. The van der Waals surface area contributed by atoms with Crippen molar-refractivity contribution in [2.24, 2.45) is 0 Å². The number of esters is 2. The fourth-order valence-electron chi connectivity index (χ4n) is 2.89. The molecule has 10 heteroatoms. The Hall–Kier alpha value is -2.85. The number of fused-ring (bicyclic) bond motifs is 1. The van der Waals surface area contributed by atoms with Crippen molar-refractivity contribution in [2.75, 3.05) is 37.9 Å². The molecule has 160 valence electrons. The molecule has 1 aliphatic heterocycles. The fraction of sp³-hybridized carbons (Fsp3) is 0.526. The third-order valence-corrected chi connectivity index (χ3v) is 4.10. The van der Waals surface area contributed by atoms with E-state index >= 15 is 0 Å². The summed E-state index contributed by atoms with van der Waals surface area (Å²) in [5.41, 5.74) is 0.0425. The molecule has 10 nitrogen and oxygen atoms in total. The second-order valence-corrected chi connectivity index (χ2v) is 7.42. The van der Waals surface area contributed by atoms with Gasteiger partial charge < -0.3 is 19.5 Å². The lowest BCUT2D eigenvalue weighted by atomic mass is 10.1. The van der Waals surface area contributed by atoms with Gasteiger partial charge in [0, 0.05) is 26.1 Å². The molecule has 1 heterocycles. The highest BCUT2D eigenvalue weighted by Crippen LogP contribution is 2.43. The molecule has 0 fully saturated rings. The maximum atomic E-state index is 13.2. The molecule has 1 aromatic rings. The largest absolute Gasteiger partial charge is 0.459 e. The van der Waals surface area contributed by atoms with Crippen LogP contribution in [0.5, 0.6) is 11.5 Å². The molecule has 0 radical (unpaired) electrons. The van der Waals surface area contributed by atoms with Gasteiger partial charge in [-0.3, -0.25) is 29.9 Å². The third-order valence-electron chi connectivity index (χ3n) is 4.10. The second kappa shape index (κ2) is 8.26. The molecule has 0 saturated heterocycles. The van der Waals surface area contributed by atoms with Crippen LogP contribution in [0.25, 0.3) is 0 Å². The van der Waals surface area contributed by atoms with Crippen LogP contribution in [-0.4, -0.2) is 57.0 Å². The summed E-state index contributed by atoms with van der Waals surface area (Å²) >= 11 is 0. The second-order valence-electron chi connectivity index (χ2n) is 7.42. The molecule has 0 bridgehead atoms. The number of likely N-dealkylation sites (N-methyl/N-ethyl adjacent to an activating group) is 2. The summed E-state index contributed by atoms with van der Waals surface area (Å²) in [6.07, 6.45) is 0. The van der Waals surface area contributed by atoms with Crippen LogP contribution < -0.4 is 30.3 Å². The summed E-state index contributed by atoms with van der Waals surface area (Å²) in [4.78, 5) is 38.4. The monoisotopic (exact) mass is 408 g/mol. The highest BCUT2D eigenvalue weighted by molar-refractivity contribution is 6.05. The molecule has 1 aliphatic rings. The maximum Gasteiger partial charge on any atom is 0.326 e. The first-order valence-corrected chi connectivity index (χ1v) is 9.11. The van der Waals surface area contributed by atoms with E-state index in [4.69, 9.17) is 14.2 Å². The van der Waals surface area contributed by atoms with E-state index in [9.17, 15) is 14.4 Å². The number of ether oxygens (including phenoxy) is 3. The van der Waals surface area contributed by atoms with Gasteiger partial charge in [-0.15, -0.1) is 0 Å². The van der Waals surface area contributed by atoms with Crippen LogP contribution in [-0.2, 0) is 19.1 Å². The van der Waals surface area contributed by atoms with Crippen LogP contribution in [0, 0.1) is 0 Å². The number of hydrogen-bond acceptors (Lipinski definition) is 9. The summed E-state index contributed by atoms with van der Waals surface area (Å²) in [5, 5.41) is 8.54. The summed E-state index contributed by atoms with van der Waals surface area (Å²) in [5.74, 6) is -2.74. The zero-order chi connectivity index (χ0) is 22.0. The number of hydrogen-bond donors (Lipinski definition) is 3. The Morgan fingerprint density at radius 1 is 1.17 bits per heavy atom. The SMILES string of the molecule is CNc1cc2c(cc1OC(C)=O)N(CC(=O)OC(C)(C)C)C(=O)C(NC)(NC)O2. The van der Waals surface area contributed by atoms with E-state index in [1.54, 1.807) is 48.0 Å². The molecule has 29 heavy (non-hydrogen) atoms.